The molecule has 160 valence electrons. The van der Waals surface area contributed by atoms with Gasteiger partial charge in [-0.1, -0.05) is 6.07 Å². The van der Waals surface area contributed by atoms with E-state index >= 15 is 0 Å². The third-order valence-corrected chi connectivity index (χ3v) is 4.62. The first-order chi connectivity index (χ1) is 14.7. The number of aromatic nitrogens is 4. The predicted molar refractivity (Wildman–Crippen MR) is 108 cm³/mol. The quantitative estimate of drug-likeness (QED) is 0.497. The molecule has 31 heavy (non-hydrogen) atoms. The molecule has 2 amide bonds. The van der Waals surface area contributed by atoms with Gasteiger partial charge in [0.25, 0.3) is 11.8 Å². The second kappa shape index (κ2) is 7.67. The van der Waals surface area contributed by atoms with Crippen molar-refractivity contribution in [3.8, 4) is 0 Å². The molecule has 4 rings (SSSR count). The fraction of sp³-hybridized carbons (Fsp3) is 0.250. The minimum Gasteiger partial charge on any atom is -0.408 e. The van der Waals surface area contributed by atoms with Crippen molar-refractivity contribution in [1.29, 1.82) is 0 Å². The van der Waals surface area contributed by atoms with Gasteiger partial charge >= 0.3 is 5.76 Å². The van der Waals surface area contributed by atoms with Gasteiger partial charge in [0, 0.05) is 25.7 Å². The van der Waals surface area contributed by atoms with Crippen LogP contribution in [0.1, 0.15) is 40.4 Å². The van der Waals surface area contributed by atoms with E-state index in [1.54, 1.807) is 39.1 Å². The largest absolute Gasteiger partial charge is 0.419 e. The van der Waals surface area contributed by atoms with Crippen molar-refractivity contribution in [3.05, 3.63) is 63.8 Å². The molecule has 2 N–H and O–H groups in total. The Kier molecular flexibility index (Phi) is 5.01. The normalized spacial score (nSPS) is 11.4. The Balaban J connectivity index is 1.61. The number of halogens is 1. The van der Waals surface area contributed by atoms with Crippen molar-refractivity contribution in [3.63, 3.8) is 0 Å². The minimum atomic E-state index is -0.750. The van der Waals surface area contributed by atoms with Crippen LogP contribution in [0.3, 0.4) is 0 Å². The second-order valence-electron chi connectivity index (χ2n) is 7.29. The summed E-state index contributed by atoms with van der Waals surface area (Å²) in [5.74, 6) is -2.34. The number of nitrogens with zero attached hydrogens (tertiary/aromatic N) is 4. The van der Waals surface area contributed by atoms with Crippen molar-refractivity contribution < 1.29 is 18.4 Å². The van der Waals surface area contributed by atoms with E-state index in [2.05, 4.69) is 20.7 Å². The zero-order valence-electron chi connectivity index (χ0n) is 17.0. The first-order valence-corrected chi connectivity index (χ1v) is 9.46. The van der Waals surface area contributed by atoms with Crippen molar-refractivity contribution in [1.82, 2.24) is 29.8 Å². The van der Waals surface area contributed by atoms with Gasteiger partial charge in [-0.3, -0.25) is 14.2 Å². The molecule has 0 spiro atoms. The number of carbonyl (C=O) groups excluding carboxylic acids is 2. The lowest BCUT2D eigenvalue weighted by Gasteiger charge is -2.11. The lowest BCUT2D eigenvalue weighted by Crippen LogP contribution is -2.32. The highest BCUT2D eigenvalue weighted by Crippen LogP contribution is 2.15. The van der Waals surface area contributed by atoms with Crippen LogP contribution in [0, 0.1) is 5.82 Å². The van der Waals surface area contributed by atoms with Gasteiger partial charge in [0.2, 0.25) is 0 Å². The monoisotopic (exact) mass is 426 g/mol. The summed E-state index contributed by atoms with van der Waals surface area (Å²) < 4.78 is 21.6. The van der Waals surface area contributed by atoms with Crippen LogP contribution in [-0.2, 0) is 13.6 Å². The first kappa shape index (κ1) is 20.3. The van der Waals surface area contributed by atoms with Gasteiger partial charge in [0.1, 0.15) is 11.4 Å². The molecule has 0 aliphatic rings. The third-order valence-electron chi connectivity index (χ3n) is 4.62. The van der Waals surface area contributed by atoms with Gasteiger partial charge in [-0.2, -0.15) is 5.10 Å². The van der Waals surface area contributed by atoms with Gasteiger partial charge in [0.15, 0.2) is 17.0 Å². The molecule has 4 aromatic rings. The summed E-state index contributed by atoms with van der Waals surface area (Å²) in [5.41, 5.74) is 1.38. The number of fused-ring (bicyclic) bond motifs is 2. The topological polar surface area (TPSA) is 124 Å². The average Bonchev–Trinajstić information content (AvgIpc) is 3.24. The molecule has 1 aromatic carbocycles. The average molecular weight is 426 g/mol. The van der Waals surface area contributed by atoms with Gasteiger partial charge in [0.05, 0.1) is 11.7 Å². The molecule has 0 saturated heterocycles. The molecular weight excluding hydrogens is 407 g/mol. The maximum atomic E-state index is 14.1. The molecule has 0 bridgehead atoms. The lowest BCUT2D eigenvalue weighted by molar-refractivity contribution is 0.0935. The number of hydrogen-bond donors (Lipinski definition) is 2. The van der Waals surface area contributed by atoms with Crippen LogP contribution >= 0.6 is 0 Å². The molecular formula is C20H19FN6O4. The number of aryl methyl sites for hydroxylation is 1. The molecule has 0 saturated carbocycles. The Bertz CT molecular complexity index is 1380. The Labute approximate surface area is 174 Å². The molecule has 0 unspecified atom stereocenters. The Hall–Kier alpha value is -4.02. The van der Waals surface area contributed by atoms with Gasteiger partial charge in [-0.05, 0) is 31.5 Å². The third kappa shape index (κ3) is 3.77. The summed E-state index contributed by atoms with van der Waals surface area (Å²) in [4.78, 5) is 40.8. The van der Waals surface area contributed by atoms with E-state index in [0.29, 0.717) is 16.7 Å². The Morgan fingerprint density at radius 1 is 1.23 bits per heavy atom. The van der Waals surface area contributed by atoms with Crippen LogP contribution < -0.4 is 16.4 Å². The van der Waals surface area contributed by atoms with Gasteiger partial charge in [-0.15, -0.1) is 0 Å². The Morgan fingerprint density at radius 3 is 2.74 bits per heavy atom. The van der Waals surface area contributed by atoms with Crippen LogP contribution in [0.5, 0.6) is 0 Å². The van der Waals surface area contributed by atoms with E-state index in [-0.39, 0.29) is 29.6 Å². The van der Waals surface area contributed by atoms with E-state index < -0.39 is 23.4 Å². The number of rotatable bonds is 5. The van der Waals surface area contributed by atoms with Gasteiger partial charge < -0.3 is 15.1 Å². The van der Waals surface area contributed by atoms with E-state index in [9.17, 15) is 18.8 Å². The van der Waals surface area contributed by atoms with Crippen molar-refractivity contribution in [2.75, 3.05) is 0 Å². The van der Waals surface area contributed by atoms with E-state index in [1.807, 2.05) is 0 Å². The summed E-state index contributed by atoms with van der Waals surface area (Å²) in [6.45, 7) is 3.68. The molecule has 0 aliphatic heterocycles. The highest BCUT2D eigenvalue weighted by molar-refractivity contribution is 5.98. The molecule has 3 heterocycles. The van der Waals surface area contributed by atoms with Crippen LogP contribution in [-0.4, -0.2) is 37.0 Å². The fourth-order valence-electron chi connectivity index (χ4n) is 3.11. The van der Waals surface area contributed by atoms with Crippen molar-refractivity contribution >= 4 is 28.6 Å². The van der Waals surface area contributed by atoms with E-state index in [0.717, 1.165) is 10.7 Å². The first-order valence-electron chi connectivity index (χ1n) is 9.46. The molecule has 0 aliphatic carbocycles. The molecule has 0 atom stereocenters. The molecule has 10 nitrogen and oxygen atoms in total. The SMILES string of the molecule is CC(C)NC(=O)c1cc(C(=O)NCc2ccc3oc(=O)n(C)c3c2)nc2c(F)cnn12. The summed E-state index contributed by atoms with van der Waals surface area (Å²) in [7, 11) is 1.58. The summed E-state index contributed by atoms with van der Waals surface area (Å²) >= 11 is 0. The van der Waals surface area contributed by atoms with E-state index in [1.165, 1.54) is 10.6 Å². The van der Waals surface area contributed by atoms with Crippen LogP contribution in [0.2, 0.25) is 0 Å². The number of nitrogens with one attached hydrogen (secondary N) is 2. The number of carbonyl (C=O) groups is 2. The van der Waals surface area contributed by atoms with Crippen LogP contribution in [0.4, 0.5) is 4.39 Å². The molecule has 0 radical (unpaired) electrons. The highest BCUT2D eigenvalue weighted by Gasteiger charge is 2.20. The second-order valence-corrected chi connectivity index (χ2v) is 7.29. The highest BCUT2D eigenvalue weighted by atomic mass is 19.1. The maximum absolute atomic E-state index is 14.1. The standard InChI is InChI=1S/C20H19FN6O4/c1-10(2)24-19(29)15-7-13(25-17-12(21)9-23-27(15)17)18(28)22-8-11-4-5-16-14(6-11)26(3)20(30)31-16/h4-7,9-10H,8H2,1-3H3,(H,22,28)(H,24,29). The molecule has 0 fully saturated rings. The van der Waals surface area contributed by atoms with Crippen molar-refractivity contribution in [2.24, 2.45) is 7.05 Å². The smallest absolute Gasteiger partial charge is 0.408 e. The number of amides is 2. The number of hydrogen-bond acceptors (Lipinski definition) is 6. The maximum Gasteiger partial charge on any atom is 0.419 e. The predicted octanol–water partition coefficient (Wildman–Crippen LogP) is 1.38. The summed E-state index contributed by atoms with van der Waals surface area (Å²) in [6.07, 6.45) is 0.931. The summed E-state index contributed by atoms with van der Waals surface area (Å²) in [5, 5.41) is 9.21. The molecule has 3 aromatic heterocycles. The lowest BCUT2D eigenvalue weighted by atomic mass is 10.2. The van der Waals surface area contributed by atoms with Crippen LogP contribution in [0.15, 0.2) is 39.7 Å². The van der Waals surface area contributed by atoms with Gasteiger partial charge in [-0.25, -0.2) is 18.7 Å². The number of benzene rings is 1. The fourth-order valence-corrected chi connectivity index (χ4v) is 3.11. The minimum absolute atomic E-state index is 0.0115. The summed E-state index contributed by atoms with van der Waals surface area (Å²) in [6, 6.07) is 6.16. The van der Waals surface area contributed by atoms with Crippen molar-refractivity contribution in [2.45, 2.75) is 26.4 Å². The zero-order valence-corrected chi connectivity index (χ0v) is 17.0. The molecule has 11 heteroatoms. The number of oxazole rings is 1. The van der Waals surface area contributed by atoms with E-state index in [4.69, 9.17) is 4.42 Å². The zero-order chi connectivity index (χ0) is 22.3. The van der Waals surface area contributed by atoms with Crippen LogP contribution in [0.25, 0.3) is 16.7 Å². The Morgan fingerprint density at radius 2 is 2.00 bits per heavy atom.